The Morgan fingerprint density at radius 2 is 1.96 bits per heavy atom. The second-order valence-corrected chi connectivity index (χ2v) is 5.49. The number of halogens is 1. The van der Waals surface area contributed by atoms with E-state index < -0.39 is 0 Å². The molecule has 0 saturated carbocycles. The van der Waals surface area contributed by atoms with Crippen LogP contribution in [0.3, 0.4) is 0 Å². The smallest absolute Gasteiger partial charge is 0.174 e. The molecule has 1 heterocycles. The van der Waals surface area contributed by atoms with Gasteiger partial charge in [-0.3, -0.25) is 4.79 Å². The number of Topliss-reactive ketones (excluding diaryl/α,β-unsaturated/α-hetero) is 1. The van der Waals surface area contributed by atoms with Crippen LogP contribution >= 0.6 is 11.6 Å². The van der Waals surface area contributed by atoms with Crippen LogP contribution in [0.25, 0.3) is 11.3 Å². The molecule has 0 aliphatic rings. The largest absolute Gasteiger partial charge is 0.486 e. The predicted octanol–water partition coefficient (Wildman–Crippen LogP) is 4.78. The van der Waals surface area contributed by atoms with Crippen LogP contribution in [0.15, 0.2) is 59.1 Å². The van der Waals surface area contributed by atoms with Crippen molar-refractivity contribution in [2.45, 2.75) is 13.5 Å². The molecule has 23 heavy (non-hydrogen) atoms. The summed E-state index contributed by atoms with van der Waals surface area (Å²) in [5.74, 6) is 1.21. The zero-order valence-corrected chi connectivity index (χ0v) is 13.2. The standard InChI is InChI=1S/C18H14ClNO3/c1-12(21)14-3-2-4-16(9-14)22-11-17-10-18(20-23-17)13-5-7-15(19)8-6-13/h2-10H,11H2,1H3. The summed E-state index contributed by atoms with van der Waals surface area (Å²) in [7, 11) is 0. The van der Waals surface area contributed by atoms with Crippen LogP contribution in [0.1, 0.15) is 23.0 Å². The lowest BCUT2D eigenvalue weighted by Crippen LogP contribution is -1.96. The summed E-state index contributed by atoms with van der Waals surface area (Å²) in [6.07, 6.45) is 0. The average Bonchev–Trinajstić information content (AvgIpc) is 3.03. The van der Waals surface area contributed by atoms with Gasteiger partial charge in [0.25, 0.3) is 0 Å². The molecule has 0 atom stereocenters. The zero-order chi connectivity index (χ0) is 16.2. The highest BCUT2D eigenvalue weighted by Gasteiger charge is 2.08. The second-order valence-electron chi connectivity index (χ2n) is 5.06. The molecule has 0 spiro atoms. The first-order valence-electron chi connectivity index (χ1n) is 7.07. The van der Waals surface area contributed by atoms with Crippen LogP contribution in [0.2, 0.25) is 5.02 Å². The van der Waals surface area contributed by atoms with Crippen LogP contribution in [-0.4, -0.2) is 10.9 Å². The molecule has 0 aliphatic heterocycles. The van der Waals surface area contributed by atoms with E-state index in [1.165, 1.54) is 6.92 Å². The third-order valence-corrected chi connectivity index (χ3v) is 3.57. The maximum Gasteiger partial charge on any atom is 0.174 e. The number of aromatic nitrogens is 1. The molecule has 3 aromatic rings. The van der Waals surface area contributed by atoms with E-state index in [0.29, 0.717) is 22.1 Å². The van der Waals surface area contributed by atoms with E-state index in [0.717, 1.165) is 11.3 Å². The number of carbonyl (C=O) groups is 1. The summed E-state index contributed by atoms with van der Waals surface area (Å²) in [4.78, 5) is 11.4. The number of ketones is 1. The molecule has 0 amide bonds. The normalized spacial score (nSPS) is 10.5. The van der Waals surface area contributed by atoms with Crippen molar-refractivity contribution < 1.29 is 14.1 Å². The minimum Gasteiger partial charge on any atom is -0.486 e. The molecule has 0 bridgehead atoms. The number of hydrogen-bond acceptors (Lipinski definition) is 4. The number of nitrogens with zero attached hydrogens (tertiary/aromatic N) is 1. The van der Waals surface area contributed by atoms with Crippen molar-refractivity contribution in [3.8, 4) is 17.0 Å². The van der Waals surface area contributed by atoms with Crippen molar-refractivity contribution in [2.75, 3.05) is 0 Å². The lowest BCUT2D eigenvalue weighted by molar-refractivity contribution is 0.101. The van der Waals surface area contributed by atoms with Crippen molar-refractivity contribution in [1.29, 1.82) is 0 Å². The monoisotopic (exact) mass is 327 g/mol. The van der Waals surface area contributed by atoms with Gasteiger partial charge in [-0.25, -0.2) is 0 Å². The second kappa shape index (κ2) is 6.67. The predicted molar refractivity (Wildman–Crippen MR) is 87.7 cm³/mol. The Morgan fingerprint density at radius 1 is 1.17 bits per heavy atom. The molecule has 0 N–H and O–H groups in total. The molecular formula is C18H14ClNO3. The third kappa shape index (κ3) is 3.79. The van der Waals surface area contributed by atoms with E-state index in [-0.39, 0.29) is 12.4 Å². The minimum atomic E-state index is 0.000130. The Balaban J connectivity index is 1.69. The highest BCUT2D eigenvalue weighted by molar-refractivity contribution is 6.30. The van der Waals surface area contributed by atoms with Crippen molar-refractivity contribution in [2.24, 2.45) is 0 Å². The lowest BCUT2D eigenvalue weighted by atomic mass is 10.1. The topological polar surface area (TPSA) is 52.3 Å². The van der Waals surface area contributed by atoms with Crippen LogP contribution in [0, 0.1) is 0 Å². The van der Waals surface area contributed by atoms with Gasteiger partial charge in [0.1, 0.15) is 18.1 Å². The molecule has 3 rings (SSSR count). The van der Waals surface area contributed by atoms with Gasteiger partial charge in [0.2, 0.25) is 0 Å². The van der Waals surface area contributed by atoms with Crippen LogP contribution in [0.5, 0.6) is 5.75 Å². The molecule has 4 nitrogen and oxygen atoms in total. The zero-order valence-electron chi connectivity index (χ0n) is 12.5. The average molecular weight is 328 g/mol. The number of rotatable bonds is 5. The van der Waals surface area contributed by atoms with Gasteiger partial charge in [-0.05, 0) is 31.2 Å². The molecule has 1 aromatic heterocycles. The number of ether oxygens (including phenoxy) is 1. The fourth-order valence-corrected chi connectivity index (χ4v) is 2.22. The van der Waals surface area contributed by atoms with Gasteiger partial charge >= 0.3 is 0 Å². The Labute approximate surface area is 138 Å². The molecule has 0 fully saturated rings. The molecule has 2 aromatic carbocycles. The van der Waals surface area contributed by atoms with Crippen molar-refractivity contribution >= 4 is 17.4 Å². The van der Waals surface area contributed by atoms with Crippen molar-refractivity contribution in [1.82, 2.24) is 5.16 Å². The molecule has 116 valence electrons. The minimum absolute atomic E-state index is 0.000130. The molecule has 0 radical (unpaired) electrons. The quantitative estimate of drug-likeness (QED) is 0.633. The summed E-state index contributed by atoms with van der Waals surface area (Å²) in [6, 6.07) is 16.2. The van der Waals surface area contributed by atoms with E-state index >= 15 is 0 Å². The van der Waals surface area contributed by atoms with Crippen LogP contribution < -0.4 is 4.74 Å². The Hall–Kier alpha value is -2.59. The first kappa shape index (κ1) is 15.3. The SMILES string of the molecule is CC(=O)c1cccc(OCc2cc(-c3ccc(Cl)cc3)no2)c1. The van der Waals surface area contributed by atoms with Crippen molar-refractivity contribution in [3.05, 3.63) is 70.9 Å². The van der Waals surface area contributed by atoms with E-state index in [2.05, 4.69) is 5.16 Å². The maximum atomic E-state index is 11.4. The van der Waals surface area contributed by atoms with Gasteiger partial charge in [-0.1, -0.05) is 41.0 Å². The van der Waals surface area contributed by atoms with E-state index in [4.69, 9.17) is 20.9 Å². The lowest BCUT2D eigenvalue weighted by Gasteiger charge is -2.04. The number of benzene rings is 2. The molecule has 0 saturated heterocycles. The molecule has 0 unspecified atom stereocenters. The summed E-state index contributed by atoms with van der Waals surface area (Å²) in [5, 5.41) is 4.69. The number of hydrogen-bond donors (Lipinski definition) is 0. The third-order valence-electron chi connectivity index (χ3n) is 3.32. The Kier molecular flexibility index (Phi) is 4.44. The van der Waals surface area contributed by atoms with Gasteiger partial charge in [-0.2, -0.15) is 0 Å². The maximum absolute atomic E-state index is 11.4. The highest BCUT2D eigenvalue weighted by atomic mass is 35.5. The van der Waals surface area contributed by atoms with E-state index in [9.17, 15) is 4.79 Å². The molecule has 0 aliphatic carbocycles. The van der Waals surface area contributed by atoms with Crippen molar-refractivity contribution in [3.63, 3.8) is 0 Å². The fraction of sp³-hybridized carbons (Fsp3) is 0.111. The Bertz CT molecular complexity index is 824. The van der Waals surface area contributed by atoms with E-state index in [1.807, 2.05) is 18.2 Å². The van der Waals surface area contributed by atoms with Crippen LogP contribution in [-0.2, 0) is 6.61 Å². The summed E-state index contributed by atoms with van der Waals surface area (Å²) in [5.41, 5.74) is 2.25. The van der Waals surface area contributed by atoms with E-state index in [1.54, 1.807) is 36.4 Å². The van der Waals surface area contributed by atoms with Gasteiger partial charge in [0.05, 0.1) is 0 Å². The van der Waals surface area contributed by atoms with Crippen LogP contribution in [0.4, 0.5) is 0 Å². The fourth-order valence-electron chi connectivity index (χ4n) is 2.10. The van der Waals surface area contributed by atoms with Gasteiger partial charge in [-0.15, -0.1) is 0 Å². The summed E-state index contributed by atoms with van der Waals surface area (Å²) >= 11 is 5.87. The van der Waals surface area contributed by atoms with Gasteiger partial charge in [0.15, 0.2) is 11.5 Å². The summed E-state index contributed by atoms with van der Waals surface area (Å²) < 4.78 is 10.9. The Morgan fingerprint density at radius 3 is 2.70 bits per heavy atom. The number of carbonyl (C=O) groups excluding carboxylic acids is 1. The van der Waals surface area contributed by atoms with Gasteiger partial charge < -0.3 is 9.26 Å². The summed E-state index contributed by atoms with van der Waals surface area (Å²) in [6.45, 7) is 1.76. The first-order chi connectivity index (χ1) is 11.1. The molecule has 5 heteroatoms. The first-order valence-corrected chi connectivity index (χ1v) is 7.45. The molecular weight excluding hydrogens is 314 g/mol. The van der Waals surface area contributed by atoms with Gasteiger partial charge in [0, 0.05) is 22.2 Å². The highest BCUT2D eigenvalue weighted by Crippen LogP contribution is 2.22.